The topological polar surface area (TPSA) is 33.0 Å². The van der Waals surface area contributed by atoms with Crippen molar-refractivity contribution in [2.24, 2.45) is 0 Å². The average Bonchev–Trinajstić information content (AvgIpc) is 2.09. The molecular formula is C10H10BrNO. The molecule has 0 radical (unpaired) electrons. The third kappa shape index (κ3) is 2.74. The molecule has 0 N–H and O–H groups in total. The maximum absolute atomic E-state index is 8.56. The Morgan fingerprint density at radius 1 is 1.54 bits per heavy atom. The first-order valence-corrected chi connectivity index (χ1v) is 4.75. The predicted molar refractivity (Wildman–Crippen MR) is 54.6 cm³/mol. The Morgan fingerprint density at radius 2 is 2.23 bits per heavy atom. The molecule has 0 saturated carbocycles. The number of halogens is 1. The lowest BCUT2D eigenvalue weighted by molar-refractivity contribution is 0.274. The van der Waals surface area contributed by atoms with Gasteiger partial charge in [-0.15, -0.1) is 0 Å². The predicted octanol–water partition coefficient (Wildman–Crippen LogP) is 3.05. The van der Waals surface area contributed by atoms with Crippen LogP contribution >= 0.6 is 15.9 Å². The maximum atomic E-state index is 8.56. The van der Waals surface area contributed by atoms with Gasteiger partial charge in [0, 0.05) is 4.47 Å². The third-order valence-electron chi connectivity index (χ3n) is 1.62. The molecule has 0 bridgehead atoms. The number of hydrogen-bond donors (Lipinski definition) is 0. The molecular weight excluding hydrogens is 230 g/mol. The van der Waals surface area contributed by atoms with Gasteiger partial charge in [-0.05, 0) is 37.6 Å². The van der Waals surface area contributed by atoms with Crippen LogP contribution in [-0.4, -0.2) is 6.10 Å². The van der Waals surface area contributed by atoms with Crippen LogP contribution in [0.3, 0.4) is 0 Å². The van der Waals surface area contributed by atoms with Crippen LogP contribution in [0.2, 0.25) is 0 Å². The van der Waals surface area contributed by atoms with Crippen molar-refractivity contribution in [3.8, 4) is 11.8 Å². The molecule has 3 heteroatoms. The molecule has 0 aliphatic rings. The second-order valence-corrected chi connectivity index (χ2v) is 3.71. The highest BCUT2D eigenvalue weighted by Gasteiger charge is 2.04. The monoisotopic (exact) mass is 239 g/mol. The molecule has 0 amide bonds. The average molecular weight is 240 g/mol. The number of nitriles is 1. The fourth-order valence-electron chi connectivity index (χ4n) is 0.962. The Labute approximate surface area is 86.3 Å². The summed E-state index contributed by atoms with van der Waals surface area (Å²) in [5, 5.41) is 8.56. The molecule has 1 rings (SSSR count). The van der Waals surface area contributed by atoms with Crippen molar-refractivity contribution in [1.82, 2.24) is 0 Å². The standard InChI is InChI=1S/C10H10BrNO/c1-7-5-9(11)3-4-10(7)13-8(2)6-12/h3-5,8H,1-2H3. The molecule has 68 valence electrons. The van der Waals surface area contributed by atoms with Crippen molar-refractivity contribution in [3.63, 3.8) is 0 Å². The van der Waals surface area contributed by atoms with E-state index in [4.69, 9.17) is 10.00 Å². The SMILES string of the molecule is Cc1cc(Br)ccc1OC(C)C#N. The van der Waals surface area contributed by atoms with Gasteiger partial charge in [-0.1, -0.05) is 15.9 Å². The summed E-state index contributed by atoms with van der Waals surface area (Å²) in [5.41, 5.74) is 1.02. The summed E-state index contributed by atoms with van der Waals surface area (Å²) < 4.78 is 6.38. The lowest BCUT2D eigenvalue weighted by Crippen LogP contribution is -2.08. The Hall–Kier alpha value is -1.01. The van der Waals surface area contributed by atoms with Gasteiger partial charge in [0.15, 0.2) is 6.10 Å². The van der Waals surface area contributed by atoms with Crippen LogP contribution in [0, 0.1) is 18.3 Å². The van der Waals surface area contributed by atoms with Gasteiger partial charge in [0.05, 0.1) is 0 Å². The first kappa shape index (κ1) is 10.1. The minimum absolute atomic E-state index is 0.403. The number of rotatable bonds is 2. The highest BCUT2D eigenvalue weighted by molar-refractivity contribution is 9.10. The van der Waals surface area contributed by atoms with E-state index >= 15 is 0 Å². The quantitative estimate of drug-likeness (QED) is 0.795. The molecule has 1 unspecified atom stereocenters. The van der Waals surface area contributed by atoms with Crippen LogP contribution in [0.5, 0.6) is 5.75 Å². The Balaban J connectivity index is 2.85. The largest absolute Gasteiger partial charge is 0.476 e. The molecule has 1 aromatic carbocycles. The summed E-state index contributed by atoms with van der Waals surface area (Å²) in [6.07, 6.45) is -0.403. The molecule has 0 aliphatic carbocycles. The van der Waals surface area contributed by atoms with E-state index in [9.17, 15) is 0 Å². The summed E-state index contributed by atoms with van der Waals surface area (Å²) in [6, 6.07) is 7.73. The van der Waals surface area contributed by atoms with Gasteiger partial charge in [-0.2, -0.15) is 5.26 Å². The molecule has 0 aromatic heterocycles. The van der Waals surface area contributed by atoms with Gasteiger partial charge in [0.2, 0.25) is 0 Å². The number of benzene rings is 1. The third-order valence-corrected chi connectivity index (χ3v) is 2.12. The zero-order valence-electron chi connectivity index (χ0n) is 7.54. The van der Waals surface area contributed by atoms with E-state index in [1.807, 2.05) is 31.2 Å². The van der Waals surface area contributed by atoms with E-state index in [1.54, 1.807) is 6.92 Å². The summed E-state index contributed by atoms with van der Waals surface area (Å²) in [4.78, 5) is 0. The van der Waals surface area contributed by atoms with Crippen LogP contribution in [0.1, 0.15) is 12.5 Å². The maximum Gasteiger partial charge on any atom is 0.181 e. The van der Waals surface area contributed by atoms with Gasteiger partial charge in [-0.3, -0.25) is 0 Å². The molecule has 1 aromatic rings. The van der Waals surface area contributed by atoms with Crippen molar-refractivity contribution < 1.29 is 4.74 Å². The Kier molecular flexibility index (Phi) is 3.32. The van der Waals surface area contributed by atoms with E-state index in [2.05, 4.69) is 15.9 Å². The Bertz CT molecular complexity index is 343. The summed E-state index contributed by atoms with van der Waals surface area (Å²) >= 11 is 3.36. The molecule has 0 spiro atoms. The van der Waals surface area contributed by atoms with Crippen molar-refractivity contribution in [2.75, 3.05) is 0 Å². The lowest BCUT2D eigenvalue weighted by Gasteiger charge is -2.10. The van der Waals surface area contributed by atoms with E-state index in [0.29, 0.717) is 0 Å². The van der Waals surface area contributed by atoms with E-state index in [-0.39, 0.29) is 0 Å². The first-order chi connectivity index (χ1) is 6.13. The summed E-state index contributed by atoms with van der Waals surface area (Å²) in [6.45, 7) is 3.67. The Morgan fingerprint density at radius 3 is 2.77 bits per heavy atom. The second-order valence-electron chi connectivity index (χ2n) is 2.80. The lowest BCUT2D eigenvalue weighted by atomic mass is 10.2. The van der Waals surface area contributed by atoms with Gasteiger partial charge < -0.3 is 4.74 Å². The van der Waals surface area contributed by atoms with Crippen LogP contribution in [0.25, 0.3) is 0 Å². The number of nitrogens with zero attached hydrogens (tertiary/aromatic N) is 1. The molecule has 1 atom stereocenters. The summed E-state index contributed by atoms with van der Waals surface area (Å²) in [7, 11) is 0. The van der Waals surface area contributed by atoms with Crippen LogP contribution in [0.15, 0.2) is 22.7 Å². The molecule has 13 heavy (non-hydrogen) atoms. The zero-order valence-corrected chi connectivity index (χ0v) is 9.13. The molecule has 0 saturated heterocycles. The first-order valence-electron chi connectivity index (χ1n) is 3.96. The van der Waals surface area contributed by atoms with Gasteiger partial charge in [0.1, 0.15) is 11.8 Å². The van der Waals surface area contributed by atoms with Crippen LogP contribution in [0.4, 0.5) is 0 Å². The fourth-order valence-corrected chi connectivity index (χ4v) is 1.44. The number of aryl methyl sites for hydroxylation is 1. The minimum atomic E-state index is -0.403. The fraction of sp³-hybridized carbons (Fsp3) is 0.300. The van der Waals surface area contributed by atoms with E-state index in [1.165, 1.54) is 0 Å². The van der Waals surface area contributed by atoms with Crippen LogP contribution < -0.4 is 4.74 Å². The molecule has 2 nitrogen and oxygen atoms in total. The smallest absolute Gasteiger partial charge is 0.181 e. The second kappa shape index (κ2) is 4.29. The van der Waals surface area contributed by atoms with Gasteiger partial charge >= 0.3 is 0 Å². The van der Waals surface area contributed by atoms with Gasteiger partial charge in [0.25, 0.3) is 0 Å². The van der Waals surface area contributed by atoms with E-state index < -0.39 is 6.10 Å². The zero-order chi connectivity index (χ0) is 9.84. The highest BCUT2D eigenvalue weighted by atomic mass is 79.9. The van der Waals surface area contributed by atoms with Crippen molar-refractivity contribution in [2.45, 2.75) is 20.0 Å². The van der Waals surface area contributed by atoms with Crippen molar-refractivity contribution >= 4 is 15.9 Å². The van der Waals surface area contributed by atoms with Gasteiger partial charge in [-0.25, -0.2) is 0 Å². The number of ether oxygens (including phenoxy) is 1. The highest BCUT2D eigenvalue weighted by Crippen LogP contribution is 2.22. The minimum Gasteiger partial charge on any atom is -0.476 e. The van der Waals surface area contributed by atoms with Crippen molar-refractivity contribution in [3.05, 3.63) is 28.2 Å². The number of hydrogen-bond acceptors (Lipinski definition) is 2. The molecule has 0 fully saturated rings. The molecule has 0 aliphatic heterocycles. The molecule has 0 heterocycles. The summed E-state index contributed by atoms with van der Waals surface area (Å²) in [5.74, 6) is 0.761. The van der Waals surface area contributed by atoms with E-state index in [0.717, 1.165) is 15.8 Å². The van der Waals surface area contributed by atoms with Crippen LogP contribution in [-0.2, 0) is 0 Å². The van der Waals surface area contributed by atoms with Crippen molar-refractivity contribution in [1.29, 1.82) is 5.26 Å². The normalized spacial score (nSPS) is 11.8.